The molecule has 0 bridgehead atoms. The minimum absolute atomic E-state index is 0.0501. The summed E-state index contributed by atoms with van der Waals surface area (Å²) in [6.07, 6.45) is 4.43. The van der Waals surface area contributed by atoms with Gasteiger partial charge in [-0.25, -0.2) is 13.4 Å². The predicted molar refractivity (Wildman–Crippen MR) is 94.4 cm³/mol. The van der Waals surface area contributed by atoms with Gasteiger partial charge in [0, 0.05) is 20.2 Å². The van der Waals surface area contributed by atoms with Crippen molar-refractivity contribution in [2.45, 2.75) is 42.8 Å². The number of sulfone groups is 1. The Hall–Kier alpha value is -2.55. The molecule has 9 heteroatoms. The predicted octanol–water partition coefficient (Wildman–Crippen LogP) is 1.50. The SMILES string of the molecule is CC(=O)c1nc(-c2ccc(S(=O)(=O)C3CCCC3)cn2)c(C(N)=O)n1C. The first-order chi connectivity index (χ1) is 12.2. The molecule has 26 heavy (non-hydrogen) atoms. The van der Waals surface area contributed by atoms with Crippen molar-refractivity contribution in [1.82, 2.24) is 14.5 Å². The van der Waals surface area contributed by atoms with E-state index in [4.69, 9.17) is 5.73 Å². The summed E-state index contributed by atoms with van der Waals surface area (Å²) < 4.78 is 26.6. The Morgan fingerprint density at radius 2 is 1.88 bits per heavy atom. The Morgan fingerprint density at radius 1 is 1.23 bits per heavy atom. The fourth-order valence-electron chi connectivity index (χ4n) is 3.35. The van der Waals surface area contributed by atoms with E-state index in [1.54, 1.807) is 0 Å². The highest BCUT2D eigenvalue weighted by Gasteiger charge is 2.31. The molecule has 1 fully saturated rings. The van der Waals surface area contributed by atoms with Crippen LogP contribution in [-0.2, 0) is 16.9 Å². The number of nitrogens with two attached hydrogens (primary N) is 1. The maximum Gasteiger partial charge on any atom is 0.267 e. The van der Waals surface area contributed by atoms with Crippen LogP contribution in [0.3, 0.4) is 0 Å². The monoisotopic (exact) mass is 376 g/mol. The van der Waals surface area contributed by atoms with Crippen molar-refractivity contribution >= 4 is 21.5 Å². The van der Waals surface area contributed by atoms with Gasteiger partial charge in [-0.15, -0.1) is 0 Å². The standard InChI is InChI=1S/C17H20N4O4S/c1-10(22)17-20-14(15(16(18)23)21(17)2)13-8-7-12(9-19-13)26(24,25)11-5-3-4-6-11/h7-9,11H,3-6H2,1-2H3,(H2,18,23). The van der Waals surface area contributed by atoms with Crippen LogP contribution in [-0.4, -0.2) is 39.9 Å². The first-order valence-electron chi connectivity index (χ1n) is 8.31. The van der Waals surface area contributed by atoms with Gasteiger partial charge in [-0.1, -0.05) is 12.8 Å². The molecular formula is C17H20N4O4S. The second-order valence-corrected chi connectivity index (χ2v) is 8.67. The number of hydrogen-bond donors (Lipinski definition) is 1. The maximum atomic E-state index is 12.6. The Morgan fingerprint density at radius 3 is 2.38 bits per heavy atom. The first-order valence-corrected chi connectivity index (χ1v) is 9.86. The van der Waals surface area contributed by atoms with Crippen LogP contribution in [0.5, 0.6) is 0 Å². The normalized spacial score (nSPS) is 15.3. The van der Waals surface area contributed by atoms with Crippen molar-refractivity contribution in [2.24, 2.45) is 12.8 Å². The van der Waals surface area contributed by atoms with Crippen LogP contribution in [0.15, 0.2) is 23.2 Å². The van der Waals surface area contributed by atoms with Crippen molar-refractivity contribution in [2.75, 3.05) is 0 Å². The molecule has 0 spiro atoms. The van der Waals surface area contributed by atoms with E-state index in [1.807, 2.05) is 0 Å². The van der Waals surface area contributed by atoms with Gasteiger partial charge >= 0.3 is 0 Å². The zero-order valence-corrected chi connectivity index (χ0v) is 15.4. The first kappa shape index (κ1) is 18.2. The van der Waals surface area contributed by atoms with Gasteiger partial charge in [-0.3, -0.25) is 14.6 Å². The van der Waals surface area contributed by atoms with Crippen molar-refractivity contribution in [3.8, 4) is 11.4 Å². The number of pyridine rings is 1. The van der Waals surface area contributed by atoms with Crippen LogP contribution in [0.2, 0.25) is 0 Å². The van der Waals surface area contributed by atoms with E-state index >= 15 is 0 Å². The van der Waals surface area contributed by atoms with E-state index < -0.39 is 15.7 Å². The van der Waals surface area contributed by atoms with Crippen LogP contribution in [0.4, 0.5) is 0 Å². The molecule has 0 aromatic carbocycles. The topological polar surface area (TPSA) is 125 Å². The number of hydrogen-bond acceptors (Lipinski definition) is 6. The van der Waals surface area contributed by atoms with E-state index in [0.29, 0.717) is 12.8 Å². The number of imidazole rings is 1. The summed E-state index contributed by atoms with van der Waals surface area (Å²) in [6, 6.07) is 2.95. The summed E-state index contributed by atoms with van der Waals surface area (Å²) in [6.45, 7) is 1.33. The van der Waals surface area contributed by atoms with Gasteiger partial charge in [-0.05, 0) is 25.0 Å². The van der Waals surface area contributed by atoms with Crippen molar-refractivity contribution in [1.29, 1.82) is 0 Å². The van der Waals surface area contributed by atoms with Crippen LogP contribution < -0.4 is 5.73 Å². The molecular weight excluding hydrogens is 356 g/mol. The van der Waals surface area contributed by atoms with Gasteiger partial charge in [0.15, 0.2) is 21.4 Å². The number of amides is 1. The number of carbonyl (C=O) groups excluding carboxylic acids is 2. The minimum Gasteiger partial charge on any atom is -0.364 e. The average Bonchev–Trinajstić information content (AvgIpc) is 3.23. The highest BCUT2D eigenvalue weighted by Crippen LogP contribution is 2.30. The molecule has 2 aromatic rings. The van der Waals surface area contributed by atoms with Crippen LogP contribution >= 0.6 is 0 Å². The lowest BCUT2D eigenvalue weighted by Gasteiger charge is -2.11. The Kier molecular flexibility index (Phi) is 4.66. The molecule has 1 amide bonds. The number of nitrogens with zero attached hydrogens (tertiary/aromatic N) is 3. The molecule has 0 aliphatic heterocycles. The average molecular weight is 376 g/mol. The lowest BCUT2D eigenvalue weighted by Crippen LogP contribution is -2.18. The van der Waals surface area contributed by atoms with Gasteiger partial charge in [0.1, 0.15) is 11.4 Å². The summed E-state index contributed by atoms with van der Waals surface area (Å²) in [5, 5.41) is -0.365. The van der Waals surface area contributed by atoms with Gasteiger partial charge in [-0.2, -0.15) is 0 Å². The van der Waals surface area contributed by atoms with Crippen molar-refractivity contribution < 1.29 is 18.0 Å². The van der Waals surface area contributed by atoms with E-state index in [-0.39, 0.29) is 38.8 Å². The van der Waals surface area contributed by atoms with Crippen LogP contribution in [0.25, 0.3) is 11.4 Å². The number of rotatable bonds is 5. The summed E-state index contributed by atoms with van der Waals surface area (Å²) in [4.78, 5) is 32.0. The Labute approximate surface area is 151 Å². The molecule has 0 unspecified atom stereocenters. The van der Waals surface area contributed by atoms with Gasteiger partial charge in [0.2, 0.25) is 0 Å². The van der Waals surface area contributed by atoms with E-state index in [1.165, 1.54) is 36.9 Å². The van der Waals surface area contributed by atoms with E-state index in [2.05, 4.69) is 9.97 Å². The largest absolute Gasteiger partial charge is 0.364 e. The second-order valence-electron chi connectivity index (χ2n) is 6.44. The number of Topliss-reactive ketones (excluding diaryl/α,β-unsaturated/α-hetero) is 1. The number of ketones is 1. The molecule has 2 heterocycles. The molecule has 1 aliphatic carbocycles. The van der Waals surface area contributed by atoms with Crippen molar-refractivity contribution in [3.63, 3.8) is 0 Å². The number of primary amides is 1. The molecule has 3 rings (SSSR count). The van der Waals surface area contributed by atoms with Gasteiger partial charge in [0.25, 0.3) is 5.91 Å². The third-order valence-corrected chi connectivity index (χ3v) is 6.94. The van der Waals surface area contributed by atoms with E-state index in [9.17, 15) is 18.0 Å². The molecule has 2 aromatic heterocycles. The minimum atomic E-state index is -3.41. The molecule has 1 aliphatic rings. The molecule has 8 nitrogen and oxygen atoms in total. The summed E-state index contributed by atoms with van der Waals surface area (Å²) in [7, 11) is -1.89. The lowest BCUT2D eigenvalue weighted by molar-refractivity contribution is 0.0991. The second kappa shape index (κ2) is 6.64. The smallest absolute Gasteiger partial charge is 0.267 e. The fourth-order valence-corrected chi connectivity index (χ4v) is 5.15. The van der Waals surface area contributed by atoms with Crippen LogP contribution in [0, 0.1) is 0 Å². The molecule has 0 radical (unpaired) electrons. The molecule has 2 N–H and O–H groups in total. The third kappa shape index (κ3) is 3.03. The van der Waals surface area contributed by atoms with Gasteiger partial charge in [0.05, 0.1) is 15.8 Å². The summed E-state index contributed by atoms with van der Waals surface area (Å²) in [5.41, 5.74) is 5.91. The molecule has 1 saturated carbocycles. The third-order valence-electron chi connectivity index (χ3n) is 4.69. The molecule has 0 saturated heterocycles. The molecule has 138 valence electrons. The number of carbonyl (C=O) groups is 2. The van der Waals surface area contributed by atoms with Crippen molar-refractivity contribution in [3.05, 3.63) is 29.8 Å². The number of aromatic nitrogens is 3. The highest BCUT2D eigenvalue weighted by molar-refractivity contribution is 7.92. The van der Waals surface area contributed by atoms with Gasteiger partial charge < -0.3 is 10.3 Å². The zero-order valence-electron chi connectivity index (χ0n) is 14.6. The molecule has 0 atom stereocenters. The maximum absolute atomic E-state index is 12.6. The fraction of sp³-hybridized carbons (Fsp3) is 0.412. The zero-order chi connectivity index (χ0) is 19.1. The van der Waals surface area contributed by atoms with E-state index in [0.717, 1.165) is 12.8 Å². The summed E-state index contributed by atoms with van der Waals surface area (Å²) in [5.74, 6) is -0.980. The Bertz CT molecular complexity index is 971. The quantitative estimate of drug-likeness (QED) is 0.788. The highest BCUT2D eigenvalue weighted by atomic mass is 32.2. The Balaban J connectivity index is 2.03. The lowest BCUT2D eigenvalue weighted by atomic mass is 10.2. The summed E-state index contributed by atoms with van der Waals surface area (Å²) >= 11 is 0. The van der Waals surface area contributed by atoms with Crippen LogP contribution in [0.1, 0.15) is 53.7 Å².